The highest BCUT2D eigenvalue weighted by atomic mass is 15.2. The Kier molecular flexibility index (Phi) is 2.54. The first-order chi connectivity index (χ1) is 11.8. The van der Waals surface area contributed by atoms with Crippen LogP contribution >= 0.6 is 0 Å². The molecule has 126 valence electrons. The molecule has 5 rings (SSSR count). The van der Waals surface area contributed by atoms with E-state index in [2.05, 4.69) is 93.0 Å². The number of hydrogen-bond acceptors (Lipinski definition) is 0. The Bertz CT molecular complexity index is 1210. The lowest BCUT2D eigenvalue weighted by Gasteiger charge is -2.43. The van der Waals surface area contributed by atoms with Gasteiger partial charge >= 0.3 is 0 Å². The second kappa shape index (κ2) is 4.24. The van der Waals surface area contributed by atoms with Crippen molar-refractivity contribution in [3.05, 3.63) is 59.4 Å². The Morgan fingerprint density at radius 1 is 0.840 bits per heavy atom. The van der Waals surface area contributed by atoms with Gasteiger partial charge in [0.25, 0.3) is 5.65 Å². The molecule has 0 amide bonds. The number of pyridine rings is 1. The van der Waals surface area contributed by atoms with E-state index in [4.69, 9.17) is 0 Å². The van der Waals surface area contributed by atoms with Crippen molar-refractivity contribution in [3.8, 4) is 0 Å². The number of imidazole rings is 1. The quantitative estimate of drug-likeness (QED) is 0.310. The highest BCUT2D eigenvalue weighted by Crippen LogP contribution is 2.47. The molecule has 0 spiro atoms. The van der Waals surface area contributed by atoms with E-state index in [0.717, 1.165) is 0 Å². The fraction of sp³-hybridized carbons (Fsp3) is 0.348. The third-order valence-electron chi connectivity index (χ3n) is 7.10. The molecule has 0 atom stereocenters. The number of benzene rings is 2. The number of fused-ring (bicyclic) bond motifs is 3. The fourth-order valence-electron chi connectivity index (χ4n) is 4.99. The first kappa shape index (κ1) is 14.9. The first-order valence-corrected chi connectivity index (χ1v) is 9.16. The molecule has 1 aliphatic heterocycles. The zero-order valence-corrected chi connectivity index (χ0v) is 15.9. The molecule has 25 heavy (non-hydrogen) atoms. The zero-order chi connectivity index (χ0) is 17.7. The van der Waals surface area contributed by atoms with E-state index >= 15 is 0 Å². The van der Waals surface area contributed by atoms with Crippen molar-refractivity contribution in [2.45, 2.75) is 52.5 Å². The van der Waals surface area contributed by atoms with Gasteiger partial charge in [-0.2, -0.15) is 4.40 Å². The molecule has 0 saturated heterocycles. The van der Waals surface area contributed by atoms with Gasteiger partial charge in [0, 0.05) is 30.0 Å². The van der Waals surface area contributed by atoms with Gasteiger partial charge in [-0.3, -0.25) is 0 Å². The molecule has 2 nitrogen and oxygen atoms in total. The first-order valence-electron chi connectivity index (χ1n) is 9.16. The molecule has 0 radical (unpaired) electrons. The van der Waals surface area contributed by atoms with Crippen LogP contribution in [-0.2, 0) is 11.0 Å². The SMILES string of the molecule is Cc1c(C)[n+]2c3c4c(cccc4c4ccccc4n13)C(C)(C)C2(C)C. The van der Waals surface area contributed by atoms with Crippen LogP contribution in [0.5, 0.6) is 0 Å². The molecule has 0 bridgehead atoms. The Morgan fingerprint density at radius 2 is 1.52 bits per heavy atom. The summed E-state index contributed by atoms with van der Waals surface area (Å²) in [6.45, 7) is 14.1. The number of para-hydroxylation sites is 1. The summed E-state index contributed by atoms with van der Waals surface area (Å²) >= 11 is 0. The maximum Gasteiger partial charge on any atom is 0.295 e. The van der Waals surface area contributed by atoms with E-state index < -0.39 is 0 Å². The van der Waals surface area contributed by atoms with Crippen molar-refractivity contribution in [1.82, 2.24) is 4.40 Å². The summed E-state index contributed by atoms with van der Waals surface area (Å²) in [5, 5.41) is 4.13. The van der Waals surface area contributed by atoms with Crippen molar-refractivity contribution >= 4 is 27.3 Å². The topological polar surface area (TPSA) is 8.29 Å². The Hall–Kier alpha value is -2.35. The van der Waals surface area contributed by atoms with Gasteiger partial charge in [0.05, 0.1) is 5.39 Å². The van der Waals surface area contributed by atoms with Crippen molar-refractivity contribution in [1.29, 1.82) is 0 Å². The molecule has 0 saturated carbocycles. The highest BCUT2D eigenvalue weighted by Gasteiger charge is 2.51. The minimum Gasteiger partial charge on any atom is -0.221 e. The molecule has 3 heterocycles. The number of aryl methyl sites for hydroxylation is 1. The van der Waals surface area contributed by atoms with Crippen LogP contribution in [0.25, 0.3) is 27.3 Å². The van der Waals surface area contributed by atoms with Crippen LogP contribution in [0.15, 0.2) is 42.5 Å². The van der Waals surface area contributed by atoms with E-state index in [9.17, 15) is 0 Å². The summed E-state index contributed by atoms with van der Waals surface area (Å²) < 4.78 is 5.07. The van der Waals surface area contributed by atoms with Crippen LogP contribution in [0.2, 0.25) is 0 Å². The monoisotopic (exact) mass is 329 g/mol. The molecule has 0 fully saturated rings. The van der Waals surface area contributed by atoms with E-state index in [-0.39, 0.29) is 11.0 Å². The summed E-state index contributed by atoms with van der Waals surface area (Å²) in [6, 6.07) is 15.7. The Balaban J connectivity index is 2.27. The maximum atomic E-state index is 2.59. The second-order valence-electron chi connectivity index (χ2n) is 8.59. The number of aromatic nitrogens is 2. The minimum absolute atomic E-state index is 0.000331. The smallest absolute Gasteiger partial charge is 0.221 e. The average molecular weight is 329 g/mol. The van der Waals surface area contributed by atoms with Gasteiger partial charge in [0.15, 0.2) is 0 Å². The van der Waals surface area contributed by atoms with Gasteiger partial charge in [0.2, 0.25) is 0 Å². The highest BCUT2D eigenvalue weighted by molar-refractivity contribution is 6.13. The molecular formula is C23H25N2+. The Morgan fingerprint density at radius 3 is 2.28 bits per heavy atom. The molecule has 0 unspecified atom stereocenters. The second-order valence-corrected chi connectivity index (χ2v) is 8.59. The molecule has 0 aliphatic carbocycles. The summed E-state index contributed by atoms with van der Waals surface area (Å²) in [6.07, 6.45) is 0. The summed E-state index contributed by atoms with van der Waals surface area (Å²) in [5.74, 6) is 0. The number of hydrogen-bond donors (Lipinski definition) is 0. The third kappa shape index (κ3) is 1.46. The standard InChI is InChI=1S/C23H25N2/c1-14-15(2)25-21-20-17(16-10-7-8-13-19(16)24(14)21)11-9-12-18(20)22(3,4)23(25,5)6/h7-13H,1-6H3/q+1. The average Bonchev–Trinajstić information content (AvgIpc) is 2.86. The predicted octanol–water partition coefficient (Wildman–Crippen LogP) is 5.18. The lowest BCUT2D eigenvalue weighted by Crippen LogP contribution is -2.65. The van der Waals surface area contributed by atoms with Crippen LogP contribution < -0.4 is 4.57 Å². The summed E-state index contributed by atoms with van der Waals surface area (Å²) in [4.78, 5) is 0. The molecule has 2 heteroatoms. The fourth-order valence-corrected chi connectivity index (χ4v) is 4.99. The summed E-state index contributed by atoms with van der Waals surface area (Å²) in [5.41, 5.74) is 6.87. The lowest BCUT2D eigenvalue weighted by atomic mass is 9.66. The molecule has 4 aromatic rings. The largest absolute Gasteiger partial charge is 0.295 e. The van der Waals surface area contributed by atoms with E-state index in [1.165, 1.54) is 44.3 Å². The van der Waals surface area contributed by atoms with E-state index in [0.29, 0.717) is 0 Å². The van der Waals surface area contributed by atoms with Crippen molar-refractivity contribution in [2.24, 2.45) is 0 Å². The molecule has 2 aromatic carbocycles. The Labute approximate surface area is 148 Å². The van der Waals surface area contributed by atoms with E-state index in [1.807, 2.05) is 0 Å². The van der Waals surface area contributed by atoms with Crippen LogP contribution in [-0.4, -0.2) is 4.40 Å². The maximum absolute atomic E-state index is 2.59. The summed E-state index contributed by atoms with van der Waals surface area (Å²) in [7, 11) is 0. The molecule has 0 N–H and O–H groups in total. The third-order valence-corrected chi connectivity index (χ3v) is 7.10. The van der Waals surface area contributed by atoms with Crippen LogP contribution in [0.1, 0.15) is 44.6 Å². The molecule has 1 aliphatic rings. The molecular weight excluding hydrogens is 304 g/mol. The number of nitrogens with zero attached hydrogens (tertiary/aromatic N) is 2. The van der Waals surface area contributed by atoms with Crippen molar-refractivity contribution < 1.29 is 4.57 Å². The zero-order valence-electron chi connectivity index (χ0n) is 15.9. The van der Waals surface area contributed by atoms with Crippen molar-refractivity contribution in [3.63, 3.8) is 0 Å². The minimum atomic E-state index is 0.000331. The van der Waals surface area contributed by atoms with E-state index in [1.54, 1.807) is 0 Å². The van der Waals surface area contributed by atoms with Crippen LogP contribution in [0, 0.1) is 13.8 Å². The number of rotatable bonds is 0. The van der Waals surface area contributed by atoms with Gasteiger partial charge in [-0.15, -0.1) is 0 Å². The predicted molar refractivity (Wildman–Crippen MR) is 104 cm³/mol. The van der Waals surface area contributed by atoms with Gasteiger partial charge in [-0.05, 0) is 25.5 Å². The normalized spacial score (nSPS) is 17.8. The van der Waals surface area contributed by atoms with Gasteiger partial charge in [0.1, 0.15) is 22.4 Å². The van der Waals surface area contributed by atoms with Crippen molar-refractivity contribution in [2.75, 3.05) is 0 Å². The van der Waals surface area contributed by atoms with Gasteiger partial charge < -0.3 is 0 Å². The van der Waals surface area contributed by atoms with Gasteiger partial charge in [-0.25, -0.2) is 4.57 Å². The lowest BCUT2D eigenvalue weighted by molar-refractivity contribution is -0.750. The molecule has 2 aromatic heterocycles. The van der Waals surface area contributed by atoms with Crippen LogP contribution in [0.4, 0.5) is 0 Å². The van der Waals surface area contributed by atoms with Gasteiger partial charge in [-0.1, -0.05) is 50.2 Å². The van der Waals surface area contributed by atoms with Crippen LogP contribution in [0.3, 0.4) is 0 Å².